The Balaban J connectivity index is 1.55. The molecule has 0 aliphatic heterocycles. The SMILES string of the molecule is CCc1ccc(NC(=O)C(C)OC(=O)c2cc(-c3cccs3)nc3ccccc23)cc1. The Hall–Kier alpha value is -3.51. The van der Waals surface area contributed by atoms with Crippen molar-refractivity contribution in [1.29, 1.82) is 0 Å². The Kier molecular flexibility index (Phi) is 6.09. The van der Waals surface area contributed by atoms with Crippen LogP contribution in [0.2, 0.25) is 0 Å². The van der Waals surface area contributed by atoms with Crippen LogP contribution in [-0.2, 0) is 16.0 Å². The Bertz CT molecular complexity index is 1220. The van der Waals surface area contributed by atoms with E-state index >= 15 is 0 Å². The van der Waals surface area contributed by atoms with Crippen LogP contribution in [0.3, 0.4) is 0 Å². The van der Waals surface area contributed by atoms with Gasteiger partial charge < -0.3 is 10.1 Å². The van der Waals surface area contributed by atoms with Crippen molar-refractivity contribution < 1.29 is 14.3 Å². The number of aromatic nitrogens is 1. The number of amides is 1. The van der Waals surface area contributed by atoms with E-state index in [-0.39, 0.29) is 5.91 Å². The lowest BCUT2D eigenvalue weighted by atomic mass is 10.1. The van der Waals surface area contributed by atoms with E-state index in [9.17, 15) is 9.59 Å². The molecule has 1 atom stereocenters. The van der Waals surface area contributed by atoms with Gasteiger partial charge in [0.05, 0.1) is 21.7 Å². The molecule has 0 bridgehead atoms. The fourth-order valence-electron chi connectivity index (χ4n) is 3.24. The van der Waals surface area contributed by atoms with Crippen molar-refractivity contribution in [2.24, 2.45) is 0 Å². The first kappa shape index (κ1) is 20.8. The van der Waals surface area contributed by atoms with E-state index in [1.165, 1.54) is 5.56 Å². The maximum atomic E-state index is 13.0. The molecular formula is C25H22N2O3S. The largest absolute Gasteiger partial charge is 0.449 e. The van der Waals surface area contributed by atoms with E-state index < -0.39 is 12.1 Å². The lowest BCUT2D eigenvalue weighted by Gasteiger charge is -2.15. The number of ether oxygens (including phenoxy) is 1. The fraction of sp³-hybridized carbons (Fsp3) is 0.160. The number of thiophene rings is 1. The van der Waals surface area contributed by atoms with E-state index in [4.69, 9.17) is 4.74 Å². The lowest BCUT2D eigenvalue weighted by Crippen LogP contribution is -2.30. The minimum Gasteiger partial charge on any atom is -0.449 e. The average Bonchev–Trinajstić information content (AvgIpc) is 3.33. The highest BCUT2D eigenvalue weighted by Gasteiger charge is 2.22. The van der Waals surface area contributed by atoms with Crippen LogP contribution in [0, 0.1) is 0 Å². The van der Waals surface area contributed by atoms with Crippen molar-refractivity contribution in [3.05, 3.63) is 83.2 Å². The van der Waals surface area contributed by atoms with Gasteiger partial charge in [0.2, 0.25) is 0 Å². The van der Waals surface area contributed by atoms with Crippen LogP contribution in [0.4, 0.5) is 5.69 Å². The predicted octanol–water partition coefficient (Wildman–Crippen LogP) is 5.71. The molecule has 0 aliphatic carbocycles. The number of esters is 1. The summed E-state index contributed by atoms with van der Waals surface area (Å²) < 4.78 is 5.52. The zero-order valence-corrected chi connectivity index (χ0v) is 18.1. The number of hydrogen-bond acceptors (Lipinski definition) is 5. The van der Waals surface area contributed by atoms with Gasteiger partial charge in [0.15, 0.2) is 6.10 Å². The first-order chi connectivity index (χ1) is 15.0. The number of benzene rings is 2. The van der Waals surface area contributed by atoms with Crippen LogP contribution in [0.15, 0.2) is 72.1 Å². The van der Waals surface area contributed by atoms with Crippen LogP contribution < -0.4 is 5.32 Å². The van der Waals surface area contributed by atoms with Gasteiger partial charge in [-0.25, -0.2) is 9.78 Å². The van der Waals surface area contributed by atoms with Crippen LogP contribution >= 0.6 is 11.3 Å². The average molecular weight is 431 g/mol. The van der Waals surface area contributed by atoms with Gasteiger partial charge in [0.25, 0.3) is 5.91 Å². The molecule has 1 amide bonds. The number of hydrogen-bond donors (Lipinski definition) is 1. The first-order valence-electron chi connectivity index (χ1n) is 10.1. The third-order valence-electron chi connectivity index (χ3n) is 4.99. The summed E-state index contributed by atoms with van der Waals surface area (Å²) in [5.41, 5.74) is 3.64. The van der Waals surface area contributed by atoms with Crippen LogP contribution in [-0.4, -0.2) is 23.0 Å². The predicted molar refractivity (Wildman–Crippen MR) is 124 cm³/mol. The second-order valence-corrected chi connectivity index (χ2v) is 8.08. The summed E-state index contributed by atoms with van der Waals surface area (Å²) >= 11 is 1.55. The molecule has 0 aliphatic rings. The smallest absolute Gasteiger partial charge is 0.339 e. The number of anilines is 1. The third-order valence-corrected chi connectivity index (χ3v) is 5.88. The molecule has 156 valence electrons. The second-order valence-electron chi connectivity index (χ2n) is 7.14. The van der Waals surface area contributed by atoms with Gasteiger partial charge in [-0.1, -0.05) is 43.3 Å². The molecule has 4 rings (SSSR count). The van der Waals surface area contributed by atoms with Crippen LogP contribution in [0.25, 0.3) is 21.5 Å². The quantitative estimate of drug-likeness (QED) is 0.398. The van der Waals surface area contributed by atoms with Gasteiger partial charge in [-0.15, -0.1) is 11.3 Å². The molecule has 31 heavy (non-hydrogen) atoms. The molecule has 0 saturated carbocycles. The molecule has 2 heterocycles. The summed E-state index contributed by atoms with van der Waals surface area (Å²) in [5.74, 6) is -0.935. The molecule has 6 heteroatoms. The van der Waals surface area contributed by atoms with Crippen molar-refractivity contribution in [1.82, 2.24) is 4.98 Å². The first-order valence-corrected chi connectivity index (χ1v) is 11.0. The van der Waals surface area contributed by atoms with Crippen molar-refractivity contribution in [3.8, 4) is 10.6 Å². The number of nitrogens with zero attached hydrogens (tertiary/aromatic N) is 1. The van der Waals surface area contributed by atoms with Crippen molar-refractivity contribution >= 4 is 39.8 Å². The highest BCUT2D eigenvalue weighted by molar-refractivity contribution is 7.13. The lowest BCUT2D eigenvalue weighted by molar-refractivity contribution is -0.123. The Morgan fingerprint density at radius 2 is 1.84 bits per heavy atom. The van der Waals surface area contributed by atoms with Gasteiger partial charge in [-0.05, 0) is 54.6 Å². The third kappa shape index (κ3) is 4.64. The van der Waals surface area contributed by atoms with Gasteiger partial charge in [-0.2, -0.15) is 0 Å². The zero-order chi connectivity index (χ0) is 21.8. The number of nitrogens with one attached hydrogen (secondary N) is 1. The van der Waals surface area contributed by atoms with E-state index in [2.05, 4.69) is 17.2 Å². The molecule has 0 radical (unpaired) electrons. The number of carbonyl (C=O) groups excluding carboxylic acids is 2. The molecule has 0 saturated heterocycles. The standard InChI is InChI=1S/C25H22N2O3S/c1-3-17-10-12-18(13-11-17)26-24(28)16(2)30-25(29)20-15-22(23-9-6-14-31-23)27-21-8-5-4-7-19(20)21/h4-16H,3H2,1-2H3,(H,26,28). The number of carbonyl (C=O) groups is 2. The summed E-state index contributed by atoms with van der Waals surface area (Å²) in [4.78, 5) is 31.2. The Labute approximate surface area is 184 Å². The highest BCUT2D eigenvalue weighted by Crippen LogP contribution is 2.28. The summed E-state index contributed by atoms with van der Waals surface area (Å²) in [6.45, 7) is 3.64. The molecule has 1 unspecified atom stereocenters. The molecule has 0 fully saturated rings. The van der Waals surface area contributed by atoms with Crippen molar-refractivity contribution in [2.75, 3.05) is 5.32 Å². The zero-order valence-electron chi connectivity index (χ0n) is 17.3. The molecule has 2 aromatic heterocycles. The minimum absolute atomic E-state index is 0.380. The summed E-state index contributed by atoms with van der Waals surface area (Å²) in [7, 11) is 0. The number of aryl methyl sites for hydroxylation is 1. The van der Waals surface area contributed by atoms with Gasteiger partial charge in [0.1, 0.15) is 0 Å². The van der Waals surface area contributed by atoms with Crippen LogP contribution in [0.5, 0.6) is 0 Å². The number of rotatable bonds is 6. The van der Waals surface area contributed by atoms with E-state index in [0.29, 0.717) is 27.8 Å². The van der Waals surface area contributed by atoms with Gasteiger partial charge in [0, 0.05) is 11.1 Å². The molecular weight excluding hydrogens is 408 g/mol. The maximum Gasteiger partial charge on any atom is 0.339 e. The topological polar surface area (TPSA) is 68.3 Å². The molecule has 1 N–H and O–H groups in total. The summed E-state index contributed by atoms with van der Waals surface area (Å²) in [6, 6.07) is 20.6. The normalized spacial score (nSPS) is 11.8. The van der Waals surface area contributed by atoms with Gasteiger partial charge >= 0.3 is 5.97 Å². The van der Waals surface area contributed by atoms with Crippen molar-refractivity contribution in [2.45, 2.75) is 26.4 Å². The fourth-order valence-corrected chi connectivity index (χ4v) is 3.93. The van der Waals surface area contributed by atoms with E-state index in [1.807, 2.05) is 66.0 Å². The monoisotopic (exact) mass is 430 g/mol. The summed E-state index contributed by atoms with van der Waals surface area (Å²) in [5, 5.41) is 5.45. The Morgan fingerprint density at radius 1 is 1.06 bits per heavy atom. The summed E-state index contributed by atoms with van der Waals surface area (Å²) in [6.07, 6.45) is -0.0225. The van der Waals surface area contributed by atoms with Crippen molar-refractivity contribution in [3.63, 3.8) is 0 Å². The Morgan fingerprint density at radius 3 is 2.55 bits per heavy atom. The van der Waals surface area contributed by atoms with E-state index in [1.54, 1.807) is 24.3 Å². The number of fused-ring (bicyclic) bond motifs is 1. The molecule has 4 aromatic rings. The highest BCUT2D eigenvalue weighted by atomic mass is 32.1. The maximum absolute atomic E-state index is 13.0. The minimum atomic E-state index is -0.949. The second kappa shape index (κ2) is 9.10. The molecule has 5 nitrogen and oxygen atoms in total. The van der Waals surface area contributed by atoms with Gasteiger partial charge in [-0.3, -0.25) is 4.79 Å². The molecule has 0 spiro atoms. The van der Waals surface area contributed by atoms with Crippen LogP contribution in [0.1, 0.15) is 29.8 Å². The number of pyridine rings is 1. The van der Waals surface area contributed by atoms with E-state index in [0.717, 1.165) is 11.3 Å². The molecule has 2 aromatic carbocycles. The number of para-hydroxylation sites is 1.